The molecule has 0 radical (unpaired) electrons. The number of hydrogen-bond acceptors (Lipinski definition) is 4. The minimum atomic E-state index is -0.0850. The van der Waals surface area contributed by atoms with Crippen molar-refractivity contribution < 1.29 is 0 Å². The number of hydrogen-bond donors (Lipinski definition) is 0. The van der Waals surface area contributed by atoms with E-state index in [1.807, 2.05) is 18.2 Å². The van der Waals surface area contributed by atoms with Crippen LogP contribution in [0.3, 0.4) is 0 Å². The highest BCUT2D eigenvalue weighted by Crippen LogP contribution is 2.52. The van der Waals surface area contributed by atoms with Crippen molar-refractivity contribution in [2.24, 2.45) is 0 Å². The van der Waals surface area contributed by atoms with Gasteiger partial charge < -0.3 is 0 Å². The van der Waals surface area contributed by atoms with E-state index in [0.29, 0.717) is 17.5 Å². The molecule has 0 spiro atoms. The van der Waals surface area contributed by atoms with Crippen LogP contribution in [0.4, 0.5) is 0 Å². The van der Waals surface area contributed by atoms with Gasteiger partial charge >= 0.3 is 0 Å². The van der Waals surface area contributed by atoms with Gasteiger partial charge in [-0.3, -0.25) is 0 Å². The largest absolute Gasteiger partial charge is 0.208 e. The quantitative estimate of drug-likeness (QED) is 0.189. The minimum absolute atomic E-state index is 0.0850. The molecule has 0 unspecified atom stereocenters. The second-order valence-corrected chi connectivity index (χ2v) is 14.6. The first-order valence-corrected chi connectivity index (χ1v) is 17.9. The van der Waals surface area contributed by atoms with Crippen molar-refractivity contribution in [3.63, 3.8) is 0 Å². The van der Waals surface area contributed by atoms with Crippen LogP contribution in [0.5, 0.6) is 0 Å². The molecule has 1 aliphatic carbocycles. The Morgan fingerprint density at radius 1 is 0.420 bits per heavy atom. The van der Waals surface area contributed by atoms with Crippen molar-refractivity contribution in [3.8, 4) is 56.4 Å². The third-order valence-electron chi connectivity index (χ3n) is 10.3. The van der Waals surface area contributed by atoms with Crippen LogP contribution in [0.2, 0.25) is 0 Å². The molecule has 50 heavy (non-hydrogen) atoms. The summed E-state index contributed by atoms with van der Waals surface area (Å²) in [5, 5.41) is 5.04. The van der Waals surface area contributed by atoms with Gasteiger partial charge in [0.15, 0.2) is 17.5 Å². The molecule has 0 aliphatic heterocycles. The van der Waals surface area contributed by atoms with Crippen LogP contribution < -0.4 is 0 Å². The Hall–Kier alpha value is -5.97. The van der Waals surface area contributed by atoms with E-state index in [1.165, 1.54) is 58.8 Å². The van der Waals surface area contributed by atoms with Gasteiger partial charge in [0.25, 0.3) is 0 Å². The monoisotopic (exact) mass is 657 g/mol. The normalized spacial score (nSPS) is 13.2. The molecule has 0 atom stereocenters. The molecule has 0 saturated heterocycles. The maximum atomic E-state index is 5.19. The highest BCUT2D eigenvalue weighted by Gasteiger charge is 2.36. The molecule has 3 nitrogen and oxygen atoms in total. The van der Waals surface area contributed by atoms with Crippen molar-refractivity contribution in [2.75, 3.05) is 0 Å². The van der Waals surface area contributed by atoms with Crippen molar-refractivity contribution in [1.29, 1.82) is 0 Å². The van der Waals surface area contributed by atoms with E-state index in [0.717, 1.165) is 22.3 Å². The summed E-state index contributed by atoms with van der Waals surface area (Å²) in [6.45, 7) is 4.71. The van der Waals surface area contributed by atoms with Crippen LogP contribution in [0, 0.1) is 0 Å². The van der Waals surface area contributed by atoms with E-state index >= 15 is 0 Å². The number of thiophene rings is 1. The summed E-state index contributed by atoms with van der Waals surface area (Å²) >= 11 is 1.79. The highest BCUT2D eigenvalue weighted by atomic mass is 32.1. The number of benzene rings is 7. The van der Waals surface area contributed by atoms with Crippen LogP contribution in [0.15, 0.2) is 152 Å². The first-order chi connectivity index (χ1) is 24.5. The topological polar surface area (TPSA) is 38.7 Å². The van der Waals surface area contributed by atoms with Crippen LogP contribution in [-0.4, -0.2) is 15.0 Å². The summed E-state index contributed by atoms with van der Waals surface area (Å²) in [6.07, 6.45) is 0. The van der Waals surface area contributed by atoms with Gasteiger partial charge in [0.2, 0.25) is 0 Å². The van der Waals surface area contributed by atoms with Gasteiger partial charge in [0.05, 0.1) is 0 Å². The molecule has 0 bridgehead atoms. The second-order valence-electron chi connectivity index (χ2n) is 13.6. The van der Waals surface area contributed by atoms with Gasteiger partial charge in [-0.2, -0.15) is 0 Å². The molecule has 236 valence electrons. The third kappa shape index (κ3) is 4.38. The molecular weight excluding hydrogens is 627 g/mol. The Balaban J connectivity index is 1.15. The van der Waals surface area contributed by atoms with Crippen LogP contribution in [0.1, 0.15) is 25.0 Å². The summed E-state index contributed by atoms with van der Waals surface area (Å²) in [6, 6.07) is 54.1. The molecule has 9 aromatic rings. The zero-order valence-corrected chi connectivity index (χ0v) is 28.5. The fourth-order valence-electron chi connectivity index (χ4n) is 8.00. The Kier molecular flexibility index (Phi) is 6.39. The van der Waals surface area contributed by atoms with E-state index < -0.39 is 0 Å². The maximum Gasteiger partial charge on any atom is 0.165 e. The second kappa shape index (κ2) is 11.0. The standard InChI is InChI=1S/C46H31N3S/c1-46(2)39-23-8-6-17-33(39)36-26-25-32-31(19-11-20-35(32)41(36)46)29-15-10-16-30(27-29)44-47-43(28-13-4-3-5-14-28)48-45(49-44)38-22-12-21-37-34-18-7-9-24-40(34)50-42(37)38/h3-27H,1-2H3. The molecule has 7 aromatic carbocycles. The number of aromatic nitrogens is 3. The molecule has 0 saturated carbocycles. The van der Waals surface area contributed by atoms with Gasteiger partial charge in [0, 0.05) is 42.3 Å². The lowest BCUT2D eigenvalue weighted by Crippen LogP contribution is -2.15. The predicted molar refractivity (Wildman–Crippen MR) is 210 cm³/mol. The van der Waals surface area contributed by atoms with Crippen LogP contribution in [0.25, 0.3) is 87.4 Å². The number of nitrogens with zero attached hydrogens (tertiary/aromatic N) is 3. The van der Waals surface area contributed by atoms with E-state index in [4.69, 9.17) is 15.0 Å². The van der Waals surface area contributed by atoms with E-state index in [9.17, 15) is 0 Å². The molecule has 0 N–H and O–H groups in total. The highest BCUT2D eigenvalue weighted by molar-refractivity contribution is 7.26. The summed E-state index contributed by atoms with van der Waals surface area (Å²) in [5.41, 5.74) is 10.7. The van der Waals surface area contributed by atoms with E-state index in [1.54, 1.807) is 11.3 Å². The maximum absolute atomic E-state index is 5.19. The molecule has 0 fully saturated rings. The van der Waals surface area contributed by atoms with E-state index in [2.05, 4.69) is 147 Å². The zero-order chi connectivity index (χ0) is 33.4. The third-order valence-corrected chi connectivity index (χ3v) is 11.5. The van der Waals surface area contributed by atoms with Gasteiger partial charge in [0.1, 0.15) is 0 Å². The molecular formula is C46H31N3S. The number of rotatable bonds is 4. The van der Waals surface area contributed by atoms with Gasteiger partial charge in [-0.15, -0.1) is 11.3 Å². The first kappa shape index (κ1) is 29.0. The molecule has 1 aliphatic rings. The minimum Gasteiger partial charge on any atom is -0.208 e. The Morgan fingerprint density at radius 2 is 1.04 bits per heavy atom. The predicted octanol–water partition coefficient (Wildman–Crippen LogP) is 12.4. The van der Waals surface area contributed by atoms with Crippen LogP contribution in [-0.2, 0) is 5.41 Å². The van der Waals surface area contributed by atoms with Gasteiger partial charge in [-0.1, -0.05) is 147 Å². The SMILES string of the molecule is CC1(C)c2ccccc2-c2ccc3c(-c4cccc(-c5nc(-c6ccccc6)nc(-c6cccc7c6sc6ccccc67)n5)c4)cccc3c21. The Morgan fingerprint density at radius 3 is 1.92 bits per heavy atom. The molecule has 10 rings (SSSR count). The van der Waals surface area contributed by atoms with Crippen molar-refractivity contribution in [3.05, 3.63) is 163 Å². The fraction of sp³-hybridized carbons (Fsp3) is 0.0652. The summed E-state index contributed by atoms with van der Waals surface area (Å²) < 4.78 is 2.44. The summed E-state index contributed by atoms with van der Waals surface area (Å²) in [5.74, 6) is 2.00. The van der Waals surface area contributed by atoms with E-state index in [-0.39, 0.29) is 5.41 Å². The van der Waals surface area contributed by atoms with Crippen LogP contribution >= 0.6 is 11.3 Å². The number of fused-ring (bicyclic) bond motifs is 8. The van der Waals surface area contributed by atoms with Gasteiger partial charge in [-0.05, 0) is 62.4 Å². The lowest BCUT2D eigenvalue weighted by atomic mass is 9.79. The van der Waals surface area contributed by atoms with Crippen molar-refractivity contribution in [1.82, 2.24) is 15.0 Å². The first-order valence-electron chi connectivity index (χ1n) is 17.0. The Bertz CT molecular complexity index is 2790. The average molecular weight is 658 g/mol. The van der Waals surface area contributed by atoms with Crippen molar-refractivity contribution >= 4 is 42.3 Å². The average Bonchev–Trinajstić information content (AvgIpc) is 3.67. The summed E-state index contributed by atoms with van der Waals surface area (Å²) in [7, 11) is 0. The molecule has 0 amide bonds. The summed E-state index contributed by atoms with van der Waals surface area (Å²) in [4.78, 5) is 15.4. The fourth-order valence-corrected chi connectivity index (χ4v) is 9.21. The molecule has 2 heterocycles. The lowest BCUT2D eigenvalue weighted by Gasteiger charge is -2.23. The smallest absolute Gasteiger partial charge is 0.165 e. The lowest BCUT2D eigenvalue weighted by molar-refractivity contribution is 0.666. The van der Waals surface area contributed by atoms with Gasteiger partial charge in [-0.25, -0.2) is 15.0 Å². The zero-order valence-electron chi connectivity index (χ0n) is 27.7. The molecule has 2 aromatic heterocycles. The Labute approximate surface area is 294 Å². The van der Waals surface area contributed by atoms with Crippen molar-refractivity contribution in [2.45, 2.75) is 19.3 Å². The molecule has 4 heteroatoms.